The van der Waals surface area contributed by atoms with E-state index in [-0.39, 0.29) is 0 Å². The molecular formula is C12H26N2. The molecule has 0 bridgehead atoms. The van der Waals surface area contributed by atoms with Crippen molar-refractivity contribution in [3.05, 3.63) is 0 Å². The third-order valence-electron chi connectivity index (χ3n) is 3.44. The Labute approximate surface area is 89.3 Å². The van der Waals surface area contributed by atoms with E-state index in [0.717, 1.165) is 0 Å². The van der Waals surface area contributed by atoms with Crippen LogP contribution in [0.5, 0.6) is 0 Å². The van der Waals surface area contributed by atoms with E-state index in [2.05, 4.69) is 30.6 Å². The predicted octanol–water partition coefficient (Wildman–Crippen LogP) is 2.55. The zero-order chi connectivity index (χ0) is 10.4. The van der Waals surface area contributed by atoms with E-state index in [1.165, 1.54) is 51.9 Å². The standard InChI is InChI=1S/C12H26N2/c1-4-6-7-8-9-14-11-10-13(5-2)12(14)3/h12H,4-11H2,1-3H3. The van der Waals surface area contributed by atoms with Gasteiger partial charge in [-0.2, -0.15) is 0 Å². The first kappa shape index (κ1) is 12.0. The molecule has 1 aliphatic rings. The van der Waals surface area contributed by atoms with Crippen molar-refractivity contribution in [2.24, 2.45) is 0 Å². The molecule has 2 heteroatoms. The number of unbranched alkanes of at least 4 members (excludes halogenated alkanes) is 3. The first-order chi connectivity index (χ1) is 6.79. The van der Waals surface area contributed by atoms with Crippen molar-refractivity contribution in [2.45, 2.75) is 52.6 Å². The topological polar surface area (TPSA) is 6.48 Å². The highest BCUT2D eigenvalue weighted by Gasteiger charge is 2.25. The van der Waals surface area contributed by atoms with Crippen molar-refractivity contribution in [2.75, 3.05) is 26.2 Å². The molecular weight excluding hydrogens is 172 g/mol. The van der Waals surface area contributed by atoms with Crippen LogP contribution in [0.1, 0.15) is 46.5 Å². The Morgan fingerprint density at radius 2 is 1.71 bits per heavy atom. The van der Waals surface area contributed by atoms with Gasteiger partial charge in [-0.05, 0) is 26.4 Å². The van der Waals surface area contributed by atoms with Gasteiger partial charge in [-0.1, -0.05) is 33.1 Å². The Morgan fingerprint density at radius 1 is 1.00 bits per heavy atom. The smallest absolute Gasteiger partial charge is 0.0594 e. The van der Waals surface area contributed by atoms with E-state index in [1.54, 1.807) is 0 Å². The SMILES string of the molecule is CCCCCCN1CCN(CC)C1C. The first-order valence-electron chi connectivity index (χ1n) is 6.27. The minimum atomic E-state index is 0.682. The Hall–Kier alpha value is -0.0800. The van der Waals surface area contributed by atoms with Crippen LogP contribution in [0.15, 0.2) is 0 Å². The Bertz CT molecular complexity index is 147. The highest BCUT2D eigenvalue weighted by molar-refractivity contribution is 4.77. The maximum Gasteiger partial charge on any atom is 0.0594 e. The molecule has 0 saturated carbocycles. The summed E-state index contributed by atoms with van der Waals surface area (Å²) in [4.78, 5) is 5.18. The second-order valence-corrected chi connectivity index (χ2v) is 4.36. The van der Waals surface area contributed by atoms with Crippen LogP contribution in [0.3, 0.4) is 0 Å². The van der Waals surface area contributed by atoms with E-state index in [9.17, 15) is 0 Å². The fourth-order valence-electron chi connectivity index (χ4n) is 2.32. The van der Waals surface area contributed by atoms with Gasteiger partial charge in [0.25, 0.3) is 0 Å². The molecule has 1 unspecified atom stereocenters. The molecule has 1 atom stereocenters. The second kappa shape index (κ2) is 6.41. The van der Waals surface area contributed by atoms with E-state index in [1.807, 2.05) is 0 Å². The second-order valence-electron chi connectivity index (χ2n) is 4.36. The van der Waals surface area contributed by atoms with Gasteiger partial charge >= 0.3 is 0 Å². The van der Waals surface area contributed by atoms with Crippen molar-refractivity contribution in [3.8, 4) is 0 Å². The highest BCUT2D eigenvalue weighted by atomic mass is 15.4. The van der Waals surface area contributed by atoms with Crippen molar-refractivity contribution in [1.82, 2.24) is 9.80 Å². The normalized spacial score (nSPS) is 24.6. The van der Waals surface area contributed by atoms with Gasteiger partial charge in [-0.15, -0.1) is 0 Å². The van der Waals surface area contributed by atoms with Gasteiger partial charge < -0.3 is 0 Å². The zero-order valence-electron chi connectivity index (χ0n) is 10.1. The van der Waals surface area contributed by atoms with Crippen LogP contribution in [0.25, 0.3) is 0 Å². The van der Waals surface area contributed by atoms with Crippen LogP contribution >= 0.6 is 0 Å². The number of rotatable bonds is 6. The molecule has 1 aliphatic heterocycles. The molecule has 0 amide bonds. The number of likely N-dealkylation sites (N-methyl/N-ethyl adjacent to an activating group) is 1. The average molecular weight is 198 g/mol. The molecule has 1 fully saturated rings. The molecule has 14 heavy (non-hydrogen) atoms. The summed E-state index contributed by atoms with van der Waals surface area (Å²) >= 11 is 0. The molecule has 0 aliphatic carbocycles. The zero-order valence-corrected chi connectivity index (χ0v) is 10.1. The third kappa shape index (κ3) is 3.25. The summed E-state index contributed by atoms with van der Waals surface area (Å²) < 4.78 is 0. The van der Waals surface area contributed by atoms with E-state index < -0.39 is 0 Å². The fraction of sp³-hybridized carbons (Fsp3) is 1.00. The summed E-state index contributed by atoms with van der Waals surface area (Å²) in [5.41, 5.74) is 0. The summed E-state index contributed by atoms with van der Waals surface area (Å²) in [5.74, 6) is 0. The monoisotopic (exact) mass is 198 g/mol. The van der Waals surface area contributed by atoms with Gasteiger partial charge in [0.15, 0.2) is 0 Å². The van der Waals surface area contributed by atoms with Gasteiger partial charge in [0.2, 0.25) is 0 Å². The van der Waals surface area contributed by atoms with Gasteiger partial charge in [0.05, 0.1) is 6.17 Å². The summed E-state index contributed by atoms with van der Waals surface area (Å²) in [6.45, 7) is 11.9. The molecule has 84 valence electrons. The van der Waals surface area contributed by atoms with Crippen LogP contribution < -0.4 is 0 Å². The van der Waals surface area contributed by atoms with Crippen LogP contribution in [0.2, 0.25) is 0 Å². The van der Waals surface area contributed by atoms with Crippen LogP contribution in [0, 0.1) is 0 Å². The lowest BCUT2D eigenvalue weighted by Gasteiger charge is -2.25. The highest BCUT2D eigenvalue weighted by Crippen LogP contribution is 2.14. The van der Waals surface area contributed by atoms with Crippen molar-refractivity contribution >= 4 is 0 Å². The molecule has 1 saturated heterocycles. The third-order valence-corrected chi connectivity index (χ3v) is 3.44. The van der Waals surface area contributed by atoms with Crippen LogP contribution in [-0.4, -0.2) is 42.1 Å². The maximum absolute atomic E-state index is 2.62. The fourth-order valence-corrected chi connectivity index (χ4v) is 2.32. The molecule has 0 radical (unpaired) electrons. The Morgan fingerprint density at radius 3 is 2.29 bits per heavy atom. The molecule has 0 aromatic rings. The largest absolute Gasteiger partial charge is 0.287 e. The maximum atomic E-state index is 2.62. The molecule has 1 rings (SSSR count). The van der Waals surface area contributed by atoms with Crippen LogP contribution in [0.4, 0.5) is 0 Å². The quantitative estimate of drug-likeness (QED) is 0.605. The lowest BCUT2D eigenvalue weighted by Crippen LogP contribution is -2.36. The Kier molecular flexibility index (Phi) is 5.49. The van der Waals surface area contributed by atoms with E-state index in [0.29, 0.717) is 6.17 Å². The summed E-state index contributed by atoms with van der Waals surface area (Å²) in [7, 11) is 0. The Balaban J connectivity index is 2.13. The molecule has 0 aromatic heterocycles. The minimum absolute atomic E-state index is 0.682. The molecule has 1 heterocycles. The first-order valence-corrected chi connectivity index (χ1v) is 6.27. The summed E-state index contributed by atoms with van der Waals surface area (Å²) in [6.07, 6.45) is 6.22. The lowest BCUT2D eigenvalue weighted by molar-refractivity contribution is 0.156. The number of hydrogen-bond acceptors (Lipinski definition) is 2. The minimum Gasteiger partial charge on any atom is -0.287 e. The number of nitrogens with zero attached hydrogens (tertiary/aromatic N) is 2. The number of hydrogen-bond donors (Lipinski definition) is 0. The van der Waals surface area contributed by atoms with Gasteiger partial charge in [-0.25, -0.2) is 0 Å². The van der Waals surface area contributed by atoms with Crippen molar-refractivity contribution < 1.29 is 0 Å². The lowest BCUT2D eigenvalue weighted by atomic mass is 10.2. The molecule has 0 N–H and O–H groups in total. The molecule has 0 aromatic carbocycles. The van der Waals surface area contributed by atoms with Gasteiger partial charge in [0.1, 0.15) is 0 Å². The van der Waals surface area contributed by atoms with Crippen molar-refractivity contribution in [3.63, 3.8) is 0 Å². The van der Waals surface area contributed by atoms with E-state index in [4.69, 9.17) is 0 Å². The van der Waals surface area contributed by atoms with Gasteiger partial charge in [-0.3, -0.25) is 9.80 Å². The predicted molar refractivity (Wildman–Crippen MR) is 62.4 cm³/mol. The van der Waals surface area contributed by atoms with Crippen molar-refractivity contribution in [1.29, 1.82) is 0 Å². The van der Waals surface area contributed by atoms with Gasteiger partial charge in [0, 0.05) is 13.1 Å². The van der Waals surface area contributed by atoms with Crippen LogP contribution in [-0.2, 0) is 0 Å². The van der Waals surface area contributed by atoms with E-state index >= 15 is 0 Å². The summed E-state index contributed by atoms with van der Waals surface area (Å²) in [6, 6.07) is 0. The molecule has 0 spiro atoms. The molecule has 2 nitrogen and oxygen atoms in total. The average Bonchev–Trinajstić information content (AvgIpc) is 2.55. The summed E-state index contributed by atoms with van der Waals surface area (Å²) in [5, 5.41) is 0.